The van der Waals surface area contributed by atoms with E-state index in [9.17, 15) is 0 Å². The molecule has 0 fully saturated rings. The van der Waals surface area contributed by atoms with Crippen molar-refractivity contribution in [1.29, 1.82) is 0 Å². The van der Waals surface area contributed by atoms with Gasteiger partial charge in [0.25, 0.3) is 0 Å². The monoisotopic (exact) mass is 686 g/mol. The van der Waals surface area contributed by atoms with Crippen molar-refractivity contribution in [2.75, 3.05) is 0 Å². The van der Waals surface area contributed by atoms with E-state index in [1.807, 2.05) is 0 Å². The Labute approximate surface area is 297 Å². The summed E-state index contributed by atoms with van der Waals surface area (Å²) in [5.41, 5.74) is 5.82. The number of benzene rings is 3. The van der Waals surface area contributed by atoms with Crippen LogP contribution in [0.2, 0.25) is 0 Å². The molecule has 0 aliphatic rings. The zero-order valence-electron chi connectivity index (χ0n) is 26.7. The Balaban J connectivity index is 0.00000441. The fourth-order valence-electron chi connectivity index (χ4n) is 5.96. The van der Waals surface area contributed by atoms with Gasteiger partial charge in [-0.2, -0.15) is 17.7 Å². The second-order valence-corrected chi connectivity index (χ2v) is 15.5. The van der Waals surface area contributed by atoms with Gasteiger partial charge in [0.1, 0.15) is 8.07 Å². The van der Waals surface area contributed by atoms with Gasteiger partial charge in [0.2, 0.25) is 0 Å². The van der Waals surface area contributed by atoms with Crippen molar-refractivity contribution in [2.24, 2.45) is 0 Å². The maximum absolute atomic E-state index is 2.53. The van der Waals surface area contributed by atoms with Gasteiger partial charge in [0.05, 0.1) is 0 Å². The molecule has 0 radical (unpaired) electrons. The summed E-state index contributed by atoms with van der Waals surface area (Å²) in [5, 5.41) is 5.99. The molecule has 0 nitrogen and oxygen atoms in total. The van der Waals surface area contributed by atoms with E-state index in [4.69, 9.17) is 0 Å². The molecule has 0 heterocycles. The zero-order chi connectivity index (χ0) is 27.7. The van der Waals surface area contributed by atoms with E-state index in [2.05, 4.69) is 126 Å². The molecule has 0 aliphatic carbocycles. The molecular formula is C38H49Cl3SiTi. The Morgan fingerprint density at radius 3 is 1.12 bits per heavy atom. The Hall–Kier alpha value is -1.19. The van der Waals surface area contributed by atoms with Gasteiger partial charge in [-0.1, -0.05) is 148 Å². The number of halogens is 3. The van der Waals surface area contributed by atoms with Gasteiger partial charge >= 0.3 is 21.7 Å². The van der Waals surface area contributed by atoms with E-state index in [1.54, 1.807) is 0 Å². The van der Waals surface area contributed by atoms with Crippen LogP contribution in [0.5, 0.6) is 0 Å². The van der Waals surface area contributed by atoms with E-state index in [-0.39, 0.29) is 58.9 Å². The minimum Gasteiger partial charge on any atom is -1.00 e. The maximum Gasteiger partial charge on any atom is 4.00 e. The van der Waals surface area contributed by atoms with Gasteiger partial charge in [-0.05, 0) is 55.2 Å². The molecule has 4 aromatic carbocycles. The summed E-state index contributed by atoms with van der Waals surface area (Å²) in [6, 6.07) is 36.6. The quantitative estimate of drug-likeness (QED) is 0.0903. The van der Waals surface area contributed by atoms with Gasteiger partial charge in [-0.15, -0.1) is 5.19 Å². The second kappa shape index (κ2) is 20.8. The molecule has 5 heteroatoms. The van der Waals surface area contributed by atoms with E-state index >= 15 is 0 Å². The van der Waals surface area contributed by atoms with Gasteiger partial charge in [0, 0.05) is 0 Å². The molecule has 0 saturated carbocycles. The fourth-order valence-corrected chi connectivity index (χ4v) is 10.7. The Morgan fingerprint density at radius 1 is 0.535 bits per heavy atom. The summed E-state index contributed by atoms with van der Waals surface area (Å²) in [4.78, 5) is 0. The fraction of sp³-hybridized carbons (Fsp3) is 0.395. The first-order valence-corrected chi connectivity index (χ1v) is 17.6. The SMILES string of the molecule is CCCCc1ccc([Si](c2ccc(CCCC)cc2)(c2ccc(CCCC)cc2)[c-]2ccc(C(C)C)c2)cc1.[Cl-].[Cl-].[Cl-].[Ti+4]. The summed E-state index contributed by atoms with van der Waals surface area (Å²) in [6.45, 7) is 11.5. The first-order chi connectivity index (χ1) is 19.0. The van der Waals surface area contributed by atoms with Gasteiger partial charge in [-0.25, -0.2) is 6.07 Å². The smallest absolute Gasteiger partial charge is 1.00 e. The van der Waals surface area contributed by atoms with Crippen LogP contribution in [0.3, 0.4) is 0 Å². The number of unbranched alkanes of at least 4 members (excludes halogenated alkanes) is 3. The van der Waals surface area contributed by atoms with Gasteiger partial charge in [-0.3, -0.25) is 0 Å². The molecule has 43 heavy (non-hydrogen) atoms. The molecule has 230 valence electrons. The largest absolute Gasteiger partial charge is 4.00 e. The van der Waals surface area contributed by atoms with E-state index in [1.165, 1.54) is 81.5 Å². The predicted molar refractivity (Wildman–Crippen MR) is 176 cm³/mol. The Bertz CT molecular complexity index is 1150. The van der Waals surface area contributed by atoms with Crippen molar-refractivity contribution >= 4 is 28.8 Å². The van der Waals surface area contributed by atoms with Crippen LogP contribution in [-0.2, 0) is 41.0 Å². The summed E-state index contributed by atoms with van der Waals surface area (Å²) in [7, 11) is -2.49. The molecule has 0 spiro atoms. The van der Waals surface area contributed by atoms with Crippen molar-refractivity contribution < 1.29 is 58.9 Å². The molecule has 0 atom stereocenters. The summed E-state index contributed by atoms with van der Waals surface area (Å²) < 4.78 is 0. The average Bonchev–Trinajstić information content (AvgIpc) is 3.47. The zero-order valence-corrected chi connectivity index (χ0v) is 31.6. The normalized spacial score (nSPS) is 10.7. The van der Waals surface area contributed by atoms with Crippen LogP contribution in [-0.4, -0.2) is 8.07 Å². The molecule has 4 rings (SSSR count). The third-order valence-corrected chi connectivity index (χ3v) is 13.3. The molecule has 0 N–H and O–H groups in total. The Kier molecular flexibility index (Phi) is 20.2. The van der Waals surface area contributed by atoms with Crippen molar-refractivity contribution in [2.45, 2.75) is 98.3 Å². The Morgan fingerprint density at radius 2 is 0.860 bits per heavy atom. The molecular weight excluding hydrogens is 639 g/mol. The molecule has 0 aromatic heterocycles. The standard InChI is InChI=1S/C38H49Si.3ClH.Ti/c1-6-9-12-31-15-22-35(23-16-31)39(38-28-21-34(29-38)30(4)5,36-24-17-32(18-25-36)13-10-7-2)37-26-19-33(20-27-37)14-11-8-3;;;;/h15-30H,6-14H2,1-5H3;3*1H;/q-1;;;;+4/p-3. The summed E-state index contributed by atoms with van der Waals surface area (Å²) in [6.07, 6.45) is 11.0. The number of rotatable bonds is 14. The van der Waals surface area contributed by atoms with Crippen LogP contribution in [0.25, 0.3) is 0 Å². The van der Waals surface area contributed by atoms with E-state index < -0.39 is 8.07 Å². The number of aryl methyl sites for hydroxylation is 3. The number of hydrogen-bond donors (Lipinski definition) is 0. The summed E-state index contributed by atoms with van der Waals surface area (Å²) in [5.74, 6) is 0.523. The second-order valence-electron chi connectivity index (χ2n) is 11.7. The molecule has 0 bridgehead atoms. The molecule has 0 amide bonds. The third kappa shape index (κ3) is 10.2. The molecule has 0 saturated heterocycles. The van der Waals surface area contributed by atoms with Crippen molar-refractivity contribution in [1.82, 2.24) is 0 Å². The van der Waals surface area contributed by atoms with Crippen LogP contribution >= 0.6 is 0 Å². The first kappa shape index (κ1) is 41.8. The number of hydrogen-bond acceptors (Lipinski definition) is 0. The van der Waals surface area contributed by atoms with Crippen LogP contribution in [0.15, 0.2) is 91.0 Å². The van der Waals surface area contributed by atoms with E-state index in [0.717, 1.165) is 19.3 Å². The average molecular weight is 688 g/mol. The molecule has 0 unspecified atom stereocenters. The maximum atomic E-state index is 2.53. The minimum absolute atomic E-state index is 0. The van der Waals surface area contributed by atoms with Crippen LogP contribution in [0, 0.1) is 0 Å². The van der Waals surface area contributed by atoms with Crippen LogP contribution in [0.4, 0.5) is 0 Å². The topological polar surface area (TPSA) is 0 Å². The first-order valence-electron chi connectivity index (χ1n) is 15.6. The molecule has 4 aromatic rings. The third-order valence-electron chi connectivity index (χ3n) is 8.50. The molecule has 0 aliphatic heterocycles. The van der Waals surface area contributed by atoms with Crippen molar-refractivity contribution in [3.8, 4) is 0 Å². The van der Waals surface area contributed by atoms with Crippen LogP contribution in [0.1, 0.15) is 101 Å². The van der Waals surface area contributed by atoms with Crippen LogP contribution < -0.4 is 58.0 Å². The minimum atomic E-state index is -2.49. The van der Waals surface area contributed by atoms with Crippen molar-refractivity contribution in [3.63, 3.8) is 0 Å². The van der Waals surface area contributed by atoms with E-state index in [0.29, 0.717) is 5.92 Å². The van der Waals surface area contributed by atoms with Crippen molar-refractivity contribution in [3.05, 3.63) is 113 Å². The van der Waals surface area contributed by atoms with Gasteiger partial charge in [0.15, 0.2) is 0 Å². The van der Waals surface area contributed by atoms with Gasteiger partial charge < -0.3 is 37.2 Å². The summed E-state index contributed by atoms with van der Waals surface area (Å²) >= 11 is 0. The predicted octanol–water partition coefficient (Wildman–Crippen LogP) is -1.06.